The number of amides is 2. The number of aldehydes is 1. The van der Waals surface area contributed by atoms with E-state index in [1.54, 1.807) is 7.11 Å². The molecule has 3 heterocycles. The Morgan fingerprint density at radius 3 is 2.96 bits per heavy atom. The molecule has 2 N–H and O–H groups in total. The molecule has 1 fully saturated rings. The van der Waals surface area contributed by atoms with E-state index in [9.17, 15) is 14.4 Å². The third kappa shape index (κ3) is 3.14. The predicted octanol–water partition coefficient (Wildman–Crippen LogP) is 0.662. The van der Waals surface area contributed by atoms with Crippen LogP contribution in [-0.4, -0.2) is 54.4 Å². The van der Waals surface area contributed by atoms with Crippen LogP contribution in [0.5, 0.6) is 0 Å². The van der Waals surface area contributed by atoms with Crippen LogP contribution >= 0.6 is 0 Å². The molecule has 0 radical (unpaired) electrons. The van der Waals surface area contributed by atoms with Crippen LogP contribution < -0.4 is 10.6 Å². The fraction of sp³-hybridized carbons (Fsp3) is 0.471. The van der Waals surface area contributed by atoms with Gasteiger partial charge in [-0.1, -0.05) is 0 Å². The van der Waals surface area contributed by atoms with Crippen molar-refractivity contribution in [2.75, 3.05) is 25.1 Å². The van der Waals surface area contributed by atoms with Gasteiger partial charge in [0.1, 0.15) is 29.3 Å². The third-order valence-corrected chi connectivity index (χ3v) is 4.71. The summed E-state index contributed by atoms with van der Waals surface area (Å²) < 4.78 is 5.29. The maximum Gasteiger partial charge on any atom is 0.320 e. The Bertz CT molecular complexity index is 757. The Morgan fingerprint density at radius 1 is 1.52 bits per heavy atom. The summed E-state index contributed by atoms with van der Waals surface area (Å²) in [6.45, 7) is 1.51. The second-order valence-corrected chi connectivity index (χ2v) is 6.15. The van der Waals surface area contributed by atoms with E-state index in [1.807, 2.05) is 16.9 Å². The van der Waals surface area contributed by atoms with Gasteiger partial charge in [-0.2, -0.15) is 0 Å². The van der Waals surface area contributed by atoms with Crippen LogP contribution in [0.3, 0.4) is 0 Å². The Balaban J connectivity index is 1.94. The number of hydrogen-bond acceptors (Lipinski definition) is 6. The highest BCUT2D eigenvalue weighted by molar-refractivity contribution is 5.91. The number of likely N-dealkylation sites (tertiary alicyclic amines) is 1. The second kappa shape index (κ2) is 7.04. The summed E-state index contributed by atoms with van der Waals surface area (Å²) in [5.41, 5.74) is 7.70. The molecule has 132 valence electrons. The zero-order valence-electron chi connectivity index (χ0n) is 14.0. The summed E-state index contributed by atoms with van der Waals surface area (Å²) in [7, 11) is 1.56. The van der Waals surface area contributed by atoms with Crippen LogP contribution in [0, 0.1) is 0 Å². The molecule has 2 amide bonds. The van der Waals surface area contributed by atoms with Crippen molar-refractivity contribution in [2.45, 2.75) is 31.9 Å². The first kappa shape index (κ1) is 17.1. The van der Waals surface area contributed by atoms with Crippen molar-refractivity contribution < 1.29 is 19.1 Å². The predicted molar refractivity (Wildman–Crippen MR) is 89.9 cm³/mol. The molecule has 1 aromatic rings. The molecule has 1 aromatic heterocycles. The van der Waals surface area contributed by atoms with Crippen molar-refractivity contribution in [3.05, 3.63) is 28.6 Å². The molecule has 2 aliphatic heterocycles. The van der Waals surface area contributed by atoms with E-state index in [-0.39, 0.29) is 11.8 Å². The minimum absolute atomic E-state index is 0.248. The fourth-order valence-corrected chi connectivity index (χ4v) is 3.46. The number of aryl methyl sites for hydroxylation is 1. The van der Waals surface area contributed by atoms with E-state index in [0.29, 0.717) is 49.4 Å². The lowest BCUT2D eigenvalue weighted by atomic mass is 10.0. The average molecular weight is 344 g/mol. The summed E-state index contributed by atoms with van der Waals surface area (Å²) in [6, 6.07) is 1.30. The van der Waals surface area contributed by atoms with Gasteiger partial charge in [-0.3, -0.25) is 9.69 Å². The van der Waals surface area contributed by atoms with Crippen molar-refractivity contribution in [2.24, 2.45) is 5.73 Å². The Kier molecular flexibility index (Phi) is 4.83. The zero-order chi connectivity index (χ0) is 18.0. The summed E-state index contributed by atoms with van der Waals surface area (Å²) in [5.74, 6) is 2.40. The molecular weight excluding hydrogens is 324 g/mol. The quantitative estimate of drug-likeness (QED) is 0.635. The minimum atomic E-state index is -0.577. The first-order valence-corrected chi connectivity index (χ1v) is 8.16. The SMILES string of the molecule is COC1CCN(Cc2cc3c(nc2C=O)N(C(N)=O)CCC3)C1=C=O. The van der Waals surface area contributed by atoms with Gasteiger partial charge in [0.25, 0.3) is 0 Å². The highest BCUT2D eigenvalue weighted by Gasteiger charge is 2.30. The van der Waals surface area contributed by atoms with E-state index < -0.39 is 6.03 Å². The molecule has 3 rings (SSSR count). The van der Waals surface area contributed by atoms with Gasteiger partial charge in [-0.15, -0.1) is 0 Å². The number of carbonyl (C=O) groups is 2. The fourth-order valence-electron chi connectivity index (χ4n) is 3.46. The molecule has 0 bridgehead atoms. The zero-order valence-corrected chi connectivity index (χ0v) is 14.0. The van der Waals surface area contributed by atoms with E-state index in [1.165, 1.54) is 4.90 Å². The van der Waals surface area contributed by atoms with Crippen LogP contribution in [0.15, 0.2) is 11.8 Å². The van der Waals surface area contributed by atoms with Crippen LogP contribution in [-0.2, 0) is 22.5 Å². The van der Waals surface area contributed by atoms with Gasteiger partial charge in [-0.05, 0) is 30.9 Å². The summed E-state index contributed by atoms with van der Waals surface area (Å²) >= 11 is 0. The standard InChI is InChI=1S/C17H20N4O4/c1-25-15-4-6-20(14(15)10-23)8-12-7-11-3-2-5-21(17(18)24)16(11)19-13(12)9-22/h7,9,15H,2-6,8H2,1H3,(H2,18,24). The molecule has 0 saturated carbocycles. The van der Waals surface area contributed by atoms with Gasteiger partial charge in [0.05, 0.1) is 0 Å². The van der Waals surface area contributed by atoms with Gasteiger partial charge in [0.15, 0.2) is 6.29 Å². The molecular formula is C17H20N4O4. The summed E-state index contributed by atoms with van der Waals surface area (Å²) in [6.07, 6.45) is 2.64. The number of methoxy groups -OCH3 is 1. The first-order chi connectivity index (χ1) is 12.1. The molecule has 0 spiro atoms. The molecule has 8 nitrogen and oxygen atoms in total. The summed E-state index contributed by atoms with van der Waals surface area (Å²) in [4.78, 5) is 42.0. The smallest absolute Gasteiger partial charge is 0.320 e. The number of carbonyl (C=O) groups excluding carboxylic acids is 3. The topological polar surface area (TPSA) is 106 Å². The average Bonchev–Trinajstić information content (AvgIpc) is 3.01. The van der Waals surface area contributed by atoms with Crippen LogP contribution in [0.1, 0.15) is 34.5 Å². The number of fused-ring (bicyclic) bond motifs is 1. The van der Waals surface area contributed by atoms with Crippen molar-refractivity contribution in [1.82, 2.24) is 9.88 Å². The molecule has 25 heavy (non-hydrogen) atoms. The molecule has 0 aromatic carbocycles. The van der Waals surface area contributed by atoms with E-state index >= 15 is 0 Å². The Hall–Kier alpha value is -2.70. The van der Waals surface area contributed by atoms with Crippen molar-refractivity contribution >= 4 is 24.1 Å². The summed E-state index contributed by atoms with van der Waals surface area (Å²) in [5, 5.41) is 0. The van der Waals surface area contributed by atoms with Gasteiger partial charge in [-0.25, -0.2) is 14.6 Å². The third-order valence-electron chi connectivity index (χ3n) is 4.71. The largest absolute Gasteiger partial charge is 0.374 e. The maximum atomic E-state index is 11.6. The normalized spacial score (nSPS) is 19.6. The highest BCUT2D eigenvalue weighted by Crippen LogP contribution is 2.29. The maximum absolute atomic E-state index is 11.6. The number of primary amides is 1. The Morgan fingerprint density at radius 2 is 2.32 bits per heavy atom. The Labute approximate surface area is 145 Å². The number of pyridine rings is 1. The van der Waals surface area contributed by atoms with Gasteiger partial charge < -0.3 is 15.4 Å². The minimum Gasteiger partial charge on any atom is -0.374 e. The molecule has 2 aliphatic rings. The molecule has 1 atom stereocenters. The lowest BCUT2D eigenvalue weighted by Crippen LogP contribution is -2.40. The van der Waals surface area contributed by atoms with Gasteiger partial charge in [0, 0.05) is 32.3 Å². The van der Waals surface area contributed by atoms with Crippen LogP contribution in [0.4, 0.5) is 10.6 Å². The number of anilines is 1. The lowest BCUT2D eigenvalue weighted by Gasteiger charge is -2.28. The first-order valence-electron chi connectivity index (χ1n) is 8.16. The molecule has 1 unspecified atom stereocenters. The van der Waals surface area contributed by atoms with Crippen molar-refractivity contribution in [1.29, 1.82) is 0 Å². The van der Waals surface area contributed by atoms with Gasteiger partial charge >= 0.3 is 6.03 Å². The van der Waals surface area contributed by atoms with E-state index in [2.05, 4.69) is 4.98 Å². The van der Waals surface area contributed by atoms with Gasteiger partial charge in [0.2, 0.25) is 0 Å². The van der Waals surface area contributed by atoms with Crippen LogP contribution in [0.25, 0.3) is 0 Å². The van der Waals surface area contributed by atoms with Crippen molar-refractivity contribution in [3.63, 3.8) is 0 Å². The lowest BCUT2D eigenvalue weighted by molar-refractivity contribution is 0.111. The van der Waals surface area contributed by atoms with E-state index in [4.69, 9.17) is 10.5 Å². The molecule has 0 aliphatic carbocycles. The van der Waals surface area contributed by atoms with E-state index in [0.717, 1.165) is 18.4 Å². The monoisotopic (exact) mass is 344 g/mol. The number of nitrogens with zero attached hydrogens (tertiary/aromatic N) is 3. The second-order valence-electron chi connectivity index (χ2n) is 6.15. The van der Waals surface area contributed by atoms with Crippen molar-refractivity contribution in [3.8, 4) is 0 Å². The number of urea groups is 1. The molecule has 8 heteroatoms. The number of aromatic nitrogens is 1. The number of nitrogens with two attached hydrogens (primary N) is 1. The number of rotatable bonds is 4. The molecule has 1 saturated heterocycles. The highest BCUT2D eigenvalue weighted by atomic mass is 16.5. The number of hydrogen-bond donors (Lipinski definition) is 1. The van der Waals surface area contributed by atoms with Crippen LogP contribution in [0.2, 0.25) is 0 Å². The number of ether oxygens (including phenoxy) is 1.